The number of benzene rings is 3. The van der Waals surface area contributed by atoms with E-state index < -0.39 is 11.9 Å². The van der Waals surface area contributed by atoms with Gasteiger partial charge in [0.2, 0.25) is 0 Å². The first-order valence-electron chi connectivity index (χ1n) is 10.9. The quantitative estimate of drug-likeness (QED) is 0.168. The molecule has 4 heteroatoms. The average molecular weight is 431 g/mol. The van der Waals surface area contributed by atoms with Gasteiger partial charge < -0.3 is 9.47 Å². The lowest BCUT2D eigenvalue weighted by molar-refractivity contribution is -0.130. The Labute approximate surface area is 189 Å². The van der Waals surface area contributed by atoms with Crippen molar-refractivity contribution < 1.29 is 19.1 Å². The summed E-state index contributed by atoms with van der Waals surface area (Å²) in [6.45, 7) is 15.1. The zero-order chi connectivity index (χ0) is 23.4. The van der Waals surface area contributed by atoms with Gasteiger partial charge in [-0.3, -0.25) is 0 Å². The summed E-state index contributed by atoms with van der Waals surface area (Å²) in [5.74, 6) is 0.536. The largest absolute Gasteiger partial charge is 0.422 e. The molecule has 0 spiro atoms. The summed E-state index contributed by atoms with van der Waals surface area (Å²) < 4.78 is 11.6. The van der Waals surface area contributed by atoms with Crippen LogP contribution in [0.4, 0.5) is 0 Å². The predicted octanol–water partition coefficient (Wildman–Crippen LogP) is 6.93. The highest BCUT2D eigenvalue weighted by molar-refractivity contribution is 6.13. The summed E-state index contributed by atoms with van der Waals surface area (Å²) in [5, 5.41) is 2.81. The topological polar surface area (TPSA) is 52.6 Å². The van der Waals surface area contributed by atoms with Crippen LogP contribution < -0.4 is 9.47 Å². The summed E-state index contributed by atoms with van der Waals surface area (Å²) in [6, 6.07) is 13.4. The number of ether oxygens (including phenoxy) is 2. The van der Waals surface area contributed by atoms with Crippen LogP contribution in [0, 0.1) is 5.92 Å². The first kappa shape index (κ1) is 23.3. The SMILES string of the molecule is C=C(C)C(=O)Oc1c2ccccc2c(OC(=O)C(=C)C)c2cc(CCCC(C)C)ccc12. The molecule has 32 heavy (non-hydrogen) atoms. The van der Waals surface area contributed by atoms with Gasteiger partial charge in [0.15, 0.2) is 0 Å². The van der Waals surface area contributed by atoms with E-state index in [0.29, 0.717) is 44.7 Å². The van der Waals surface area contributed by atoms with Crippen LogP contribution in [0.2, 0.25) is 0 Å². The van der Waals surface area contributed by atoms with E-state index in [1.165, 1.54) is 0 Å². The standard InChI is InChI=1S/C28H30O4/c1-17(2)10-9-11-20-14-15-23-24(16-20)26(32-28(30)19(5)6)22-13-8-7-12-21(22)25(23)31-27(29)18(3)4/h7-8,12-17H,3,5,9-11H2,1-2,4,6H3. The molecule has 0 aliphatic carbocycles. The van der Waals surface area contributed by atoms with Gasteiger partial charge in [-0.05, 0) is 44.2 Å². The molecule has 0 aliphatic heterocycles. The van der Waals surface area contributed by atoms with Crippen LogP contribution >= 0.6 is 0 Å². The second kappa shape index (κ2) is 9.82. The molecule has 4 nitrogen and oxygen atoms in total. The number of carbonyl (C=O) groups is 2. The zero-order valence-electron chi connectivity index (χ0n) is 19.3. The third kappa shape index (κ3) is 5.08. The first-order chi connectivity index (χ1) is 15.2. The van der Waals surface area contributed by atoms with Crippen LogP contribution in [-0.2, 0) is 16.0 Å². The maximum absolute atomic E-state index is 12.5. The summed E-state index contributed by atoms with van der Waals surface area (Å²) in [5.41, 5.74) is 1.76. The molecule has 0 aliphatic rings. The third-order valence-electron chi connectivity index (χ3n) is 5.32. The van der Waals surface area contributed by atoms with Crippen LogP contribution in [0.15, 0.2) is 66.8 Å². The van der Waals surface area contributed by atoms with Crippen molar-refractivity contribution >= 4 is 33.5 Å². The Balaban J connectivity index is 2.25. The summed E-state index contributed by atoms with van der Waals surface area (Å²) >= 11 is 0. The van der Waals surface area contributed by atoms with Crippen LogP contribution in [0.5, 0.6) is 11.5 Å². The van der Waals surface area contributed by atoms with E-state index >= 15 is 0 Å². The molecule has 0 radical (unpaired) electrons. The van der Waals surface area contributed by atoms with E-state index in [2.05, 4.69) is 27.0 Å². The number of aryl methyl sites for hydroxylation is 1. The molecule has 0 atom stereocenters. The van der Waals surface area contributed by atoms with E-state index in [4.69, 9.17) is 9.47 Å². The minimum Gasteiger partial charge on any atom is -0.422 e. The monoisotopic (exact) mass is 430 g/mol. The summed E-state index contributed by atoms with van der Waals surface area (Å²) in [6.07, 6.45) is 3.11. The van der Waals surface area contributed by atoms with Gasteiger partial charge in [-0.1, -0.05) is 69.8 Å². The molecule has 0 aromatic heterocycles. The number of esters is 2. The second-order valence-corrected chi connectivity index (χ2v) is 8.71. The fourth-order valence-corrected chi connectivity index (χ4v) is 3.60. The lowest BCUT2D eigenvalue weighted by atomic mass is 9.96. The van der Waals surface area contributed by atoms with Crippen LogP contribution in [0.25, 0.3) is 21.5 Å². The Hall–Kier alpha value is -3.40. The van der Waals surface area contributed by atoms with Crippen LogP contribution in [0.3, 0.4) is 0 Å². The van der Waals surface area contributed by atoms with Crippen molar-refractivity contribution in [3.63, 3.8) is 0 Å². The van der Waals surface area contributed by atoms with Crippen molar-refractivity contribution in [3.8, 4) is 11.5 Å². The maximum Gasteiger partial charge on any atom is 0.338 e. The lowest BCUT2D eigenvalue weighted by Crippen LogP contribution is -2.11. The van der Waals surface area contributed by atoms with Gasteiger partial charge in [-0.2, -0.15) is 0 Å². The molecule has 0 saturated heterocycles. The normalized spacial score (nSPS) is 11.0. The van der Waals surface area contributed by atoms with Crippen molar-refractivity contribution in [3.05, 3.63) is 72.3 Å². The maximum atomic E-state index is 12.5. The molecule has 166 valence electrons. The number of hydrogen-bond acceptors (Lipinski definition) is 4. The smallest absolute Gasteiger partial charge is 0.338 e. The van der Waals surface area contributed by atoms with Crippen molar-refractivity contribution in [2.75, 3.05) is 0 Å². The number of fused-ring (bicyclic) bond motifs is 2. The van der Waals surface area contributed by atoms with Gasteiger partial charge in [-0.15, -0.1) is 0 Å². The Morgan fingerprint density at radius 2 is 1.31 bits per heavy atom. The molecule has 3 aromatic rings. The van der Waals surface area contributed by atoms with Gasteiger partial charge in [0.25, 0.3) is 0 Å². The number of hydrogen-bond donors (Lipinski definition) is 0. The van der Waals surface area contributed by atoms with E-state index in [1.807, 2.05) is 42.5 Å². The van der Waals surface area contributed by atoms with Crippen molar-refractivity contribution in [1.29, 1.82) is 0 Å². The fourth-order valence-electron chi connectivity index (χ4n) is 3.60. The van der Waals surface area contributed by atoms with Gasteiger partial charge in [0.05, 0.1) is 0 Å². The van der Waals surface area contributed by atoms with E-state index in [9.17, 15) is 9.59 Å². The average Bonchev–Trinajstić information content (AvgIpc) is 2.75. The Morgan fingerprint density at radius 1 is 0.812 bits per heavy atom. The molecular weight excluding hydrogens is 400 g/mol. The second-order valence-electron chi connectivity index (χ2n) is 8.71. The van der Waals surface area contributed by atoms with Crippen LogP contribution in [0.1, 0.15) is 46.1 Å². The molecule has 0 unspecified atom stereocenters. The zero-order valence-corrected chi connectivity index (χ0v) is 19.3. The van der Waals surface area contributed by atoms with Gasteiger partial charge in [0, 0.05) is 32.7 Å². The van der Waals surface area contributed by atoms with Crippen molar-refractivity contribution in [2.24, 2.45) is 5.92 Å². The summed E-state index contributed by atoms with van der Waals surface area (Å²) in [7, 11) is 0. The van der Waals surface area contributed by atoms with Crippen LogP contribution in [-0.4, -0.2) is 11.9 Å². The minimum absolute atomic E-state index is 0.310. The van der Waals surface area contributed by atoms with E-state index in [0.717, 1.165) is 30.2 Å². The molecule has 3 aromatic carbocycles. The molecule has 0 fully saturated rings. The Kier molecular flexibility index (Phi) is 7.14. The molecular formula is C28H30O4. The van der Waals surface area contributed by atoms with Gasteiger partial charge in [-0.25, -0.2) is 9.59 Å². The number of rotatable bonds is 8. The Bertz CT molecular complexity index is 1220. The highest BCUT2D eigenvalue weighted by Crippen LogP contribution is 2.43. The molecule has 0 amide bonds. The minimum atomic E-state index is -0.496. The number of carbonyl (C=O) groups excluding carboxylic acids is 2. The first-order valence-corrected chi connectivity index (χ1v) is 10.9. The molecule has 3 rings (SSSR count). The molecule has 0 heterocycles. The predicted molar refractivity (Wildman–Crippen MR) is 130 cm³/mol. The lowest BCUT2D eigenvalue weighted by Gasteiger charge is -2.17. The van der Waals surface area contributed by atoms with E-state index in [-0.39, 0.29) is 0 Å². The molecule has 0 bridgehead atoms. The van der Waals surface area contributed by atoms with Crippen molar-refractivity contribution in [2.45, 2.75) is 47.0 Å². The molecule has 0 N–H and O–H groups in total. The van der Waals surface area contributed by atoms with Gasteiger partial charge in [0.1, 0.15) is 11.5 Å². The highest BCUT2D eigenvalue weighted by Gasteiger charge is 2.21. The molecule has 0 saturated carbocycles. The highest BCUT2D eigenvalue weighted by atomic mass is 16.5. The van der Waals surface area contributed by atoms with Gasteiger partial charge >= 0.3 is 11.9 Å². The third-order valence-corrected chi connectivity index (χ3v) is 5.32. The van der Waals surface area contributed by atoms with E-state index in [1.54, 1.807) is 13.8 Å². The fraction of sp³-hybridized carbons (Fsp3) is 0.286. The summed E-state index contributed by atoms with van der Waals surface area (Å²) in [4.78, 5) is 24.9. The van der Waals surface area contributed by atoms with Crippen molar-refractivity contribution in [1.82, 2.24) is 0 Å². The Morgan fingerprint density at radius 3 is 1.81 bits per heavy atom.